The number of hydrogen-bond acceptors (Lipinski definition) is 6. The van der Waals surface area contributed by atoms with Gasteiger partial charge >= 0.3 is 10.4 Å². The smallest absolute Gasteiger partial charge is 0.394 e. The van der Waals surface area contributed by atoms with Crippen molar-refractivity contribution in [2.24, 2.45) is 0 Å². The van der Waals surface area contributed by atoms with E-state index in [4.69, 9.17) is 19.5 Å². The molecule has 0 spiro atoms. The van der Waals surface area contributed by atoms with Gasteiger partial charge in [-0.05, 0) is 20.3 Å². The normalized spacial score (nSPS) is 6.33. The van der Waals surface area contributed by atoms with Gasteiger partial charge < -0.3 is 14.9 Å². The maximum absolute atomic E-state index is 10.1. The van der Waals surface area contributed by atoms with Gasteiger partial charge in [0.1, 0.15) is 0 Å². The number of unbranched alkanes of at least 4 members (excludes halogenated alkanes) is 5. The molecule has 0 aliphatic rings. The van der Waals surface area contributed by atoms with Gasteiger partial charge in [-0.1, -0.05) is 39.0 Å². The standard InChI is InChI=1S/C8H18O4S.C4H10O.C2H6O2.10C2H4/c1-2-3-4-5-6-7-8-12-13(9,10)11;1-3-5-4-2;3-1-2-4;10*1-2/h2-8H2,1H3,(H,9,10,11);3-4H2,1-2H3;3-4H,1-2H2;10*1-2H2. The van der Waals surface area contributed by atoms with Gasteiger partial charge in [-0.15, -0.1) is 132 Å². The molecule has 0 atom stereocenters. The second-order valence-electron chi connectivity index (χ2n) is 4.25. The highest BCUT2D eigenvalue weighted by Gasteiger charge is 2.02. The zero-order valence-corrected chi connectivity index (χ0v) is 29.1. The molecule has 0 unspecified atom stereocenters. The molecule has 0 aliphatic carbocycles. The Kier molecular flexibility index (Phi) is 400. The van der Waals surface area contributed by atoms with Crippen molar-refractivity contribution in [3.05, 3.63) is 132 Å². The van der Waals surface area contributed by atoms with Gasteiger partial charge in [0.05, 0.1) is 19.8 Å². The van der Waals surface area contributed by atoms with Crippen LogP contribution in [0.25, 0.3) is 0 Å². The Morgan fingerprint density at radius 2 is 0.714 bits per heavy atom. The molecule has 0 radical (unpaired) electrons. The molecule has 0 aromatic carbocycles. The molecule has 0 saturated carbocycles. The van der Waals surface area contributed by atoms with Gasteiger partial charge in [0.15, 0.2) is 0 Å². The summed E-state index contributed by atoms with van der Waals surface area (Å²) in [6.07, 6.45) is 6.34. The number of hydrogen-bond donors (Lipinski definition) is 3. The van der Waals surface area contributed by atoms with E-state index in [1.54, 1.807) is 0 Å². The van der Waals surface area contributed by atoms with Crippen molar-refractivity contribution in [3.63, 3.8) is 0 Å². The summed E-state index contributed by atoms with van der Waals surface area (Å²) in [7, 11) is -4.22. The number of aliphatic hydroxyl groups excluding tert-OH is 2. The quantitative estimate of drug-likeness (QED) is 0.119. The minimum absolute atomic E-state index is 0.0883. The van der Waals surface area contributed by atoms with Crippen LogP contribution >= 0.6 is 0 Å². The van der Waals surface area contributed by atoms with Crippen molar-refractivity contribution in [3.8, 4) is 0 Å². The van der Waals surface area contributed by atoms with E-state index in [1.807, 2.05) is 13.8 Å². The van der Waals surface area contributed by atoms with Gasteiger partial charge in [0.2, 0.25) is 0 Å². The maximum atomic E-state index is 10.1. The van der Waals surface area contributed by atoms with Crippen LogP contribution in [0, 0.1) is 0 Å². The summed E-state index contributed by atoms with van der Waals surface area (Å²) in [4.78, 5) is 0. The predicted molar refractivity (Wildman–Crippen MR) is 200 cm³/mol. The molecule has 0 aliphatic heterocycles. The molecule has 258 valence electrons. The van der Waals surface area contributed by atoms with Gasteiger partial charge in [-0.3, -0.25) is 4.55 Å². The highest BCUT2D eigenvalue weighted by atomic mass is 32.3. The molecule has 0 fully saturated rings. The average molecular weight is 627 g/mol. The minimum atomic E-state index is -4.22. The molecule has 0 heterocycles. The van der Waals surface area contributed by atoms with E-state index in [9.17, 15) is 8.42 Å². The van der Waals surface area contributed by atoms with Crippen LogP contribution < -0.4 is 0 Å². The summed E-state index contributed by atoms with van der Waals surface area (Å²) in [5, 5.41) is 15.2. The minimum Gasteiger partial charge on any atom is -0.394 e. The molecule has 42 heavy (non-hydrogen) atoms. The number of aliphatic hydroxyl groups is 2. The third kappa shape index (κ3) is 471. The molecule has 0 aromatic heterocycles. The van der Waals surface area contributed by atoms with E-state index in [1.165, 1.54) is 19.3 Å². The monoisotopic (exact) mass is 627 g/mol. The van der Waals surface area contributed by atoms with Crippen LogP contribution in [0.2, 0.25) is 0 Å². The lowest BCUT2D eigenvalue weighted by atomic mass is 10.1. The first-order valence-corrected chi connectivity index (χ1v) is 14.2. The fourth-order valence-electron chi connectivity index (χ4n) is 1.25. The highest BCUT2D eigenvalue weighted by molar-refractivity contribution is 7.80. The fraction of sp³-hybridized carbons (Fsp3) is 0.412. The predicted octanol–water partition coefficient (Wildman–Crippen LogP) is 10.2. The first-order chi connectivity index (χ1) is 20.4. The van der Waals surface area contributed by atoms with Crippen LogP contribution in [0.4, 0.5) is 0 Å². The first-order valence-electron chi connectivity index (χ1n) is 12.8. The summed E-state index contributed by atoms with van der Waals surface area (Å²) >= 11 is 0. The van der Waals surface area contributed by atoms with Crippen molar-refractivity contribution in [2.45, 2.75) is 59.3 Å². The molecular formula is C34H74O7S. The van der Waals surface area contributed by atoms with E-state index in [0.29, 0.717) is 6.42 Å². The van der Waals surface area contributed by atoms with Crippen LogP contribution in [-0.4, -0.2) is 56.2 Å². The van der Waals surface area contributed by atoms with Crippen molar-refractivity contribution in [1.29, 1.82) is 0 Å². The molecule has 0 aromatic rings. The van der Waals surface area contributed by atoms with E-state index in [0.717, 1.165) is 26.1 Å². The molecule has 8 heteroatoms. The van der Waals surface area contributed by atoms with Crippen molar-refractivity contribution in [2.75, 3.05) is 33.0 Å². The SMILES string of the molecule is C=C.C=C.C=C.C=C.C=C.C=C.C=C.C=C.C=C.C=C.CCCCCCCCOS(=O)(=O)O.CCOCC.OCCO. The first kappa shape index (κ1) is 83.3. The lowest BCUT2D eigenvalue weighted by Gasteiger charge is -2.00. The Balaban J connectivity index is -0.0000000224. The Bertz CT molecular complexity index is 369. The number of rotatable bonds is 11. The van der Waals surface area contributed by atoms with Crippen LogP contribution in [-0.2, 0) is 19.3 Å². The summed E-state index contributed by atoms with van der Waals surface area (Å²) in [5.74, 6) is 0. The van der Waals surface area contributed by atoms with Gasteiger partial charge in [-0.2, -0.15) is 8.42 Å². The van der Waals surface area contributed by atoms with E-state index in [2.05, 4.69) is 143 Å². The third-order valence-electron chi connectivity index (χ3n) is 2.24. The second-order valence-corrected chi connectivity index (χ2v) is 5.34. The molecule has 3 N–H and O–H groups in total. The summed E-state index contributed by atoms with van der Waals surface area (Å²) in [6.45, 7) is 67.6. The van der Waals surface area contributed by atoms with Crippen molar-refractivity contribution in [1.82, 2.24) is 0 Å². The molecular weight excluding hydrogens is 552 g/mol. The largest absolute Gasteiger partial charge is 0.397 e. The zero-order chi connectivity index (χ0) is 37.7. The zero-order valence-electron chi connectivity index (χ0n) is 28.3. The van der Waals surface area contributed by atoms with Crippen LogP contribution in [0.1, 0.15) is 59.3 Å². The average Bonchev–Trinajstić information content (AvgIpc) is 3.10. The fourth-order valence-corrected chi connectivity index (χ4v) is 1.58. The molecule has 0 amide bonds. The van der Waals surface area contributed by atoms with Crippen molar-refractivity contribution < 1.29 is 32.1 Å². The van der Waals surface area contributed by atoms with Crippen LogP contribution in [0.5, 0.6) is 0 Å². The third-order valence-corrected chi connectivity index (χ3v) is 2.70. The Morgan fingerprint density at radius 1 is 0.476 bits per heavy atom. The van der Waals surface area contributed by atoms with Gasteiger partial charge in [-0.25, -0.2) is 4.18 Å². The van der Waals surface area contributed by atoms with Crippen LogP contribution in [0.15, 0.2) is 132 Å². The Hall–Kier alpha value is -2.85. The highest BCUT2D eigenvalue weighted by Crippen LogP contribution is 2.05. The van der Waals surface area contributed by atoms with Gasteiger partial charge in [0, 0.05) is 13.2 Å². The molecule has 0 saturated heterocycles. The maximum Gasteiger partial charge on any atom is 0.397 e. The molecule has 0 rings (SSSR count). The summed E-state index contributed by atoms with van der Waals surface area (Å²) in [5.41, 5.74) is 0. The van der Waals surface area contributed by atoms with E-state index < -0.39 is 10.4 Å². The lowest BCUT2D eigenvalue weighted by Crippen LogP contribution is -2.04. The van der Waals surface area contributed by atoms with E-state index in [-0.39, 0.29) is 19.8 Å². The lowest BCUT2D eigenvalue weighted by molar-refractivity contribution is 0.162. The molecule has 7 nitrogen and oxygen atoms in total. The van der Waals surface area contributed by atoms with E-state index >= 15 is 0 Å². The van der Waals surface area contributed by atoms with Gasteiger partial charge in [0.25, 0.3) is 0 Å². The summed E-state index contributed by atoms with van der Waals surface area (Å²) in [6, 6.07) is 0. The Morgan fingerprint density at radius 3 is 0.881 bits per heavy atom. The topological polar surface area (TPSA) is 113 Å². The Labute approximate surface area is 266 Å². The molecule has 0 bridgehead atoms. The number of ether oxygens (including phenoxy) is 1. The van der Waals surface area contributed by atoms with Crippen molar-refractivity contribution >= 4 is 10.4 Å². The van der Waals surface area contributed by atoms with Crippen LogP contribution in [0.3, 0.4) is 0 Å². The summed E-state index contributed by atoms with van der Waals surface area (Å²) < 4.78 is 37.4. The second kappa shape index (κ2) is 202.